The Morgan fingerprint density at radius 1 is 1.21 bits per heavy atom. The van der Waals surface area contributed by atoms with Gasteiger partial charge in [-0.05, 0) is 44.1 Å². The van der Waals surface area contributed by atoms with Gasteiger partial charge < -0.3 is 10.1 Å². The molecule has 0 unspecified atom stereocenters. The molecule has 1 aliphatic heterocycles. The SMILES string of the molecule is [2H]C([2H])([2H])c1nc2c(NC3CCC(N4CCOCC4)CC3)nc(Cl)nc2s1. The fourth-order valence-electron chi connectivity index (χ4n) is 3.62. The van der Waals surface area contributed by atoms with Gasteiger partial charge in [0.1, 0.15) is 5.52 Å². The van der Waals surface area contributed by atoms with E-state index < -0.39 is 6.85 Å². The van der Waals surface area contributed by atoms with Gasteiger partial charge in [0.2, 0.25) is 5.28 Å². The van der Waals surface area contributed by atoms with Crippen molar-refractivity contribution in [2.24, 2.45) is 0 Å². The van der Waals surface area contributed by atoms with Crippen LogP contribution in [0.15, 0.2) is 0 Å². The summed E-state index contributed by atoms with van der Waals surface area (Å²) in [6.07, 6.45) is 4.30. The second-order valence-electron chi connectivity index (χ2n) is 6.31. The maximum Gasteiger partial charge on any atom is 0.225 e. The number of anilines is 1. The van der Waals surface area contributed by atoms with Crippen molar-refractivity contribution in [2.75, 3.05) is 31.6 Å². The van der Waals surface area contributed by atoms with Gasteiger partial charge in [0, 0.05) is 29.3 Å². The van der Waals surface area contributed by atoms with E-state index in [9.17, 15) is 0 Å². The molecule has 24 heavy (non-hydrogen) atoms. The van der Waals surface area contributed by atoms with E-state index in [1.54, 1.807) is 0 Å². The summed E-state index contributed by atoms with van der Waals surface area (Å²) >= 11 is 7.09. The number of halogens is 1. The van der Waals surface area contributed by atoms with E-state index in [2.05, 4.69) is 25.2 Å². The van der Waals surface area contributed by atoms with Crippen LogP contribution in [0.1, 0.15) is 34.8 Å². The Kier molecular flexibility index (Phi) is 3.90. The maximum absolute atomic E-state index is 7.57. The van der Waals surface area contributed by atoms with Crippen molar-refractivity contribution < 1.29 is 8.85 Å². The molecule has 4 rings (SSSR count). The lowest BCUT2D eigenvalue weighted by Crippen LogP contribution is -2.46. The molecule has 0 atom stereocenters. The molecule has 1 aliphatic carbocycles. The summed E-state index contributed by atoms with van der Waals surface area (Å²) in [5.41, 5.74) is 0.492. The summed E-state index contributed by atoms with van der Waals surface area (Å²) in [6, 6.07) is 0.886. The molecular weight excluding hydrogens is 346 g/mol. The van der Waals surface area contributed by atoms with Gasteiger partial charge in [-0.1, -0.05) is 11.3 Å². The molecule has 2 aromatic heterocycles. The smallest absolute Gasteiger partial charge is 0.225 e. The van der Waals surface area contributed by atoms with Crippen LogP contribution in [0.2, 0.25) is 5.28 Å². The number of aryl methyl sites for hydroxylation is 1. The molecule has 0 aromatic carbocycles. The first-order valence-corrected chi connectivity index (χ1v) is 9.52. The van der Waals surface area contributed by atoms with Crippen LogP contribution in [0, 0.1) is 6.85 Å². The summed E-state index contributed by atoms with van der Waals surface area (Å²) in [5.74, 6) is 0.534. The summed E-state index contributed by atoms with van der Waals surface area (Å²) < 4.78 is 28.1. The van der Waals surface area contributed by atoms with Crippen molar-refractivity contribution in [1.29, 1.82) is 0 Å². The number of aromatic nitrogens is 3. The van der Waals surface area contributed by atoms with Crippen LogP contribution in [0.5, 0.6) is 0 Å². The molecule has 1 saturated heterocycles. The number of hydrogen-bond donors (Lipinski definition) is 1. The fraction of sp³-hybridized carbons (Fsp3) is 0.688. The Bertz CT molecular complexity index is 803. The Balaban J connectivity index is 1.46. The average Bonchev–Trinajstić information content (AvgIpc) is 3.08. The molecule has 2 fully saturated rings. The quantitative estimate of drug-likeness (QED) is 0.837. The highest BCUT2D eigenvalue weighted by molar-refractivity contribution is 7.18. The highest BCUT2D eigenvalue weighted by Gasteiger charge is 2.27. The minimum atomic E-state index is -2.26. The van der Waals surface area contributed by atoms with Gasteiger partial charge in [-0.3, -0.25) is 4.90 Å². The van der Waals surface area contributed by atoms with Gasteiger partial charge >= 0.3 is 0 Å². The minimum Gasteiger partial charge on any atom is -0.379 e. The second kappa shape index (κ2) is 7.07. The second-order valence-corrected chi connectivity index (χ2v) is 7.63. The molecule has 130 valence electrons. The van der Waals surface area contributed by atoms with Crippen LogP contribution < -0.4 is 5.32 Å². The van der Waals surface area contributed by atoms with E-state index in [-0.39, 0.29) is 16.3 Å². The molecule has 0 amide bonds. The zero-order chi connectivity index (χ0) is 19.0. The molecule has 8 heteroatoms. The average molecular weight is 371 g/mol. The third kappa shape index (κ3) is 3.49. The predicted octanol–water partition coefficient (Wildman–Crippen LogP) is 3.10. The van der Waals surface area contributed by atoms with Crippen LogP contribution in [0.4, 0.5) is 5.82 Å². The van der Waals surface area contributed by atoms with E-state index in [0.717, 1.165) is 63.3 Å². The lowest BCUT2D eigenvalue weighted by Gasteiger charge is -2.39. The summed E-state index contributed by atoms with van der Waals surface area (Å²) in [7, 11) is 0. The molecular formula is C16H22ClN5OS. The standard InChI is InChI=1S/C16H22ClN5OS/c1-10-18-13-14(20-16(17)21-15(13)24-10)19-11-2-4-12(5-3-11)22-6-8-23-9-7-22/h11-12H,2-9H2,1H3,(H,19,20,21)/i1D3. The number of hydrogen-bond acceptors (Lipinski definition) is 7. The highest BCUT2D eigenvalue weighted by Crippen LogP contribution is 2.30. The number of nitrogens with zero attached hydrogens (tertiary/aromatic N) is 4. The van der Waals surface area contributed by atoms with Gasteiger partial charge in [-0.25, -0.2) is 9.97 Å². The van der Waals surface area contributed by atoms with Crippen molar-refractivity contribution in [3.05, 3.63) is 10.3 Å². The van der Waals surface area contributed by atoms with E-state index in [4.69, 9.17) is 20.5 Å². The molecule has 2 aliphatic rings. The summed E-state index contributed by atoms with van der Waals surface area (Å²) in [6.45, 7) is 1.42. The Labute approximate surface area is 154 Å². The number of fused-ring (bicyclic) bond motifs is 1. The number of rotatable bonds is 3. The highest BCUT2D eigenvalue weighted by atomic mass is 35.5. The predicted molar refractivity (Wildman–Crippen MR) is 97.0 cm³/mol. The number of ether oxygens (including phenoxy) is 1. The van der Waals surface area contributed by atoms with Crippen LogP contribution in [0.3, 0.4) is 0 Å². The van der Waals surface area contributed by atoms with Crippen LogP contribution >= 0.6 is 22.9 Å². The topological polar surface area (TPSA) is 63.2 Å². The molecule has 6 nitrogen and oxygen atoms in total. The lowest BCUT2D eigenvalue weighted by molar-refractivity contribution is 0.00791. The number of morpholine rings is 1. The fourth-order valence-corrected chi connectivity index (χ4v) is 4.53. The van der Waals surface area contributed by atoms with Crippen LogP contribution in [-0.4, -0.2) is 58.2 Å². The van der Waals surface area contributed by atoms with E-state index in [1.807, 2.05) is 0 Å². The normalized spacial score (nSPS) is 28.3. The summed E-state index contributed by atoms with van der Waals surface area (Å²) in [4.78, 5) is 15.7. The Morgan fingerprint density at radius 3 is 2.75 bits per heavy atom. The first kappa shape index (κ1) is 13.2. The molecule has 1 N–H and O–H groups in total. The largest absolute Gasteiger partial charge is 0.379 e. The number of thiazole rings is 1. The van der Waals surface area contributed by atoms with Crippen molar-refractivity contribution >= 4 is 39.1 Å². The lowest BCUT2D eigenvalue weighted by atomic mass is 9.90. The van der Waals surface area contributed by atoms with Crippen LogP contribution in [-0.2, 0) is 4.74 Å². The van der Waals surface area contributed by atoms with E-state index in [0.29, 0.717) is 22.2 Å². The first-order chi connectivity index (χ1) is 12.9. The molecule has 0 spiro atoms. The van der Waals surface area contributed by atoms with Crippen LogP contribution in [0.25, 0.3) is 10.3 Å². The van der Waals surface area contributed by atoms with Gasteiger partial charge in [0.15, 0.2) is 10.6 Å². The van der Waals surface area contributed by atoms with Gasteiger partial charge in [-0.2, -0.15) is 4.98 Å². The number of nitrogens with one attached hydrogen (secondary N) is 1. The van der Waals surface area contributed by atoms with Gasteiger partial charge in [0.25, 0.3) is 0 Å². The zero-order valence-electron chi connectivity index (χ0n) is 16.3. The first-order valence-electron chi connectivity index (χ1n) is 9.83. The molecule has 3 heterocycles. The van der Waals surface area contributed by atoms with Crippen molar-refractivity contribution in [2.45, 2.75) is 44.6 Å². The molecule has 1 saturated carbocycles. The van der Waals surface area contributed by atoms with Crippen molar-refractivity contribution in [1.82, 2.24) is 19.9 Å². The van der Waals surface area contributed by atoms with Crippen molar-refractivity contribution in [3.8, 4) is 0 Å². The van der Waals surface area contributed by atoms with E-state index >= 15 is 0 Å². The third-order valence-corrected chi connectivity index (χ3v) is 5.76. The molecule has 2 aromatic rings. The van der Waals surface area contributed by atoms with Crippen molar-refractivity contribution in [3.63, 3.8) is 0 Å². The molecule has 0 radical (unpaired) electrons. The third-order valence-electron chi connectivity index (χ3n) is 4.83. The molecule has 0 bridgehead atoms. The van der Waals surface area contributed by atoms with E-state index in [1.165, 1.54) is 0 Å². The Hall–Kier alpha value is -1.02. The Morgan fingerprint density at radius 2 is 2.00 bits per heavy atom. The van der Waals surface area contributed by atoms with Gasteiger partial charge in [0.05, 0.1) is 18.2 Å². The maximum atomic E-state index is 7.57. The minimum absolute atomic E-state index is 0.0631. The van der Waals surface area contributed by atoms with Gasteiger partial charge in [-0.15, -0.1) is 0 Å². The zero-order valence-corrected chi connectivity index (χ0v) is 14.9. The monoisotopic (exact) mass is 370 g/mol. The summed E-state index contributed by atoms with van der Waals surface area (Å²) in [5, 5.41) is 3.60.